The van der Waals surface area contributed by atoms with Crippen molar-refractivity contribution in [3.05, 3.63) is 5.28 Å². The smallest absolute Gasteiger partial charge is 0.231 e. The maximum Gasteiger partial charge on any atom is 0.231 e. The van der Waals surface area contributed by atoms with Crippen LogP contribution in [-0.4, -0.2) is 59.5 Å². The van der Waals surface area contributed by atoms with E-state index in [2.05, 4.69) is 25.2 Å². The van der Waals surface area contributed by atoms with Crippen molar-refractivity contribution in [2.24, 2.45) is 0 Å². The van der Waals surface area contributed by atoms with Crippen molar-refractivity contribution >= 4 is 23.5 Å². The van der Waals surface area contributed by atoms with E-state index >= 15 is 0 Å². The van der Waals surface area contributed by atoms with Gasteiger partial charge in [0.25, 0.3) is 0 Å². The molecule has 1 saturated heterocycles. The third-order valence-corrected chi connectivity index (χ3v) is 3.52. The van der Waals surface area contributed by atoms with E-state index in [4.69, 9.17) is 16.3 Å². The first kappa shape index (κ1) is 16.2. The van der Waals surface area contributed by atoms with Crippen LogP contribution in [0.4, 0.5) is 11.9 Å². The summed E-state index contributed by atoms with van der Waals surface area (Å²) in [7, 11) is 1.56. The molecule has 1 aromatic heterocycles. The number of hydrogen-bond donors (Lipinski definition) is 2. The van der Waals surface area contributed by atoms with E-state index in [-0.39, 0.29) is 5.28 Å². The van der Waals surface area contributed by atoms with E-state index in [1.807, 2.05) is 0 Å². The van der Waals surface area contributed by atoms with Gasteiger partial charge >= 0.3 is 0 Å². The molecule has 2 heterocycles. The Morgan fingerprint density at radius 1 is 1.29 bits per heavy atom. The second-order valence-corrected chi connectivity index (χ2v) is 5.44. The fourth-order valence-electron chi connectivity index (χ4n) is 2.28. The molecule has 118 valence electrons. The molecule has 21 heavy (non-hydrogen) atoms. The van der Waals surface area contributed by atoms with Crippen LogP contribution in [0.1, 0.15) is 25.7 Å². The fraction of sp³-hybridized carbons (Fsp3) is 0.769. The number of rotatable bonds is 7. The molecule has 0 aliphatic carbocycles. The summed E-state index contributed by atoms with van der Waals surface area (Å²) in [5.41, 5.74) is 0. The predicted molar refractivity (Wildman–Crippen MR) is 81.9 cm³/mol. The normalized spacial score (nSPS) is 16.8. The van der Waals surface area contributed by atoms with Crippen LogP contribution in [0.15, 0.2) is 0 Å². The van der Waals surface area contributed by atoms with Crippen molar-refractivity contribution in [1.82, 2.24) is 15.0 Å². The summed E-state index contributed by atoms with van der Waals surface area (Å²) in [6.45, 7) is 2.77. The highest BCUT2D eigenvalue weighted by molar-refractivity contribution is 6.28. The first-order chi connectivity index (χ1) is 10.2. The van der Waals surface area contributed by atoms with Crippen LogP contribution < -0.4 is 10.2 Å². The Kier molecular flexibility index (Phi) is 6.41. The number of aliphatic hydroxyl groups excluding tert-OH is 1. The molecule has 0 bridgehead atoms. The fourth-order valence-corrected chi connectivity index (χ4v) is 2.44. The lowest BCUT2D eigenvalue weighted by atomic mass is 10.1. The number of methoxy groups -OCH3 is 1. The van der Waals surface area contributed by atoms with Gasteiger partial charge in [0.1, 0.15) is 0 Å². The Bertz CT molecular complexity index is 443. The van der Waals surface area contributed by atoms with Gasteiger partial charge in [-0.25, -0.2) is 0 Å². The predicted octanol–water partition coefficient (Wildman–Crippen LogP) is 1.32. The SMILES string of the molecule is COCC(O)CCNc1nc(Cl)nc(N2CCCCC2)n1. The molecule has 0 spiro atoms. The number of halogens is 1. The average Bonchev–Trinajstić information content (AvgIpc) is 2.48. The van der Waals surface area contributed by atoms with Crippen LogP contribution >= 0.6 is 11.6 Å². The maximum atomic E-state index is 9.59. The summed E-state index contributed by atoms with van der Waals surface area (Å²) in [5, 5.41) is 12.8. The molecule has 1 atom stereocenters. The lowest BCUT2D eigenvalue weighted by molar-refractivity contribution is 0.0615. The molecule has 0 radical (unpaired) electrons. The number of piperidine rings is 1. The van der Waals surface area contributed by atoms with Crippen molar-refractivity contribution in [2.75, 3.05) is 43.6 Å². The second kappa shape index (κ2) is 8.31. The Balaban J connectivity index is 1.91. The molecule has 2 rings (SSSR count). The van der Waals surface area contributed by atoms with E-state index in [1.54, 1.807) is 7.11 Å². The molecule has 1 aliphatic rings. The number of hydrogen-bond acceptors (Lipinski definition) is 7. The molecule has 8 heteroatoms. The van der Waals surface area contributed by atoms with Gasteiger partial charge in [-0.05, 0) is 37.3 Å². The number of anilines is 2. The number of aromatic nitrogens is 3. The summed E-state index contributed by atoms with van der Waals surface area (Å²) >= 11 is 5.96. The van der Waals surface area contributed by atoms with Crippen molar-refractivity contribution < 1.29 is 9.84 Å². The molecule has 1 aliphatic heterocycles. The highest BCUT2D eigenvalue weighted by Crippen LogP contribution is 2.18. The minimum atomic E-state index is -0.499. The van der Waals surface area contributed by atoms with Gasteiger partial charge in [0.15, 0.2) is 0 Å². The number of aliphatic hydroxyl groups is 1. The van der Waals surface area contributed by atoms with Gasteiger partial charge in [0.05, 0.1) is 12.7 Å². The van der Waals surface area contributed by atoms with E-state index in [9.17, 15) is 5.11 Å². The van der Waals surface area contributed by atoms with Gasteiger partial charge in [-0.1, -0.05) is 0 Å². The van der Waals surface area contributed by atoms with E-state index < -0.39 is 6.10 Å². The van der Waals surface area contributed by atoms with Crippen LogP contribution in [-0.2, 0) is 4.74 Å². The second-order valence-electron chi connectivity index (χ2n) is 5.10. The summed E-state index contributed by atoms with van der Waals surface area (Å²) in [4.78, 5) is 14.8. The van der Waals surface area contributed by atoms with Crippen LogP contribution in [0.25, 0.3) is 0 Å². The van der Waals surface area contributed by atoms with E-state index in [0.717, 1.165) is 25.9 Å². The Morgan fingerprint density at radius 3 is 2.76 bits per heavy atom. The van der Waals surface area contributed by atoms with Gasteiger partial charge in [-0.3, -0.25) is 0 Å². The Hall–Kier alpha value is -1.18. The van der Waals surface area contributed by atoms with Crippen molar-refractivity contribution in [2.45, 2.75) is 31.8 Å². The first-order valence-electron chi connectivity index (χ1n) is 7.26. The van der Waals surface area contributed by atoms with Gasteiger partial charge in [0, 0.05) is 26.7 Å². The zero-order valence-corrected chi connectivity index (χ0v) is 13.0. The third kappa shape index (κ3) is 5.26. The standard InChI is InChI=1S/C13H22ClN5O2/c1-21-9-10(20)5-6-15-12-16-11(14)17-13(18-12)19-7-3-2-4-8-19/h10,20H,2-9H2,1H3,(H,15,16,17,18). The summed E-state index contributed by atoms with van der Waals surface area (Å²) in [5.74, 6) is 1.06. The molecule has 1 aromatic rings. The largest absolute Gasteiger partial charge is 0.391 e. The molecule has 0 aromatic carbocycles. The lowest BCUT2D eigenvalue weighted by Gasteiger charge is -2.26. The average molecular weight is 316 g/mol. The van der Waals surface area contributed by atoms with Gasteiger partial charge in [-0.15, -0.1) is 0 Å². The Labute approximate surface area is 129 Å². The van der Waals surface area contributed by atoms with Crippen molar-refractivity contribution in [1.29, 1.82) is 0 Å². The zero-order chi connectivity index (χ0) is 15.1. The molecule has 1 unspecified atom stereocenters. The molecule has 0 saturated carbocycles. The molecule has 2 N–H and O–H groups in total. The quantitative estimate of drug-likeness (QED) is 0.785. The molecular formula is C13H22ClN5O2. The highest BCUT2D eigenvalue weighted by Gasteiger charge is 2.15. The topological polar surface area (TPSA) is 83.4 Å². The van der Waals surface area contributed by atoms with Crippen LogP contribution in [0.5, 0.6) is 0 Å². The molecule has 1 fully saturated rings. The minimum absolute atomic E-state index is 0.186. The monoisotopic (exact) mass is 315 g/mol. The van der Waals surface area contributed by atoms with Crippen molar-refractivity contribution in [3.63, 3.8) is 0 Å². The number of ether oxygens (including phenoxy) is 1. The van der Waals surface area contributed by atoms with Crippen molar-refractivity contribution in [3.8, 4) is 0 Å². The first-order valence-corrected chi connectivity index (χ1v) is 7.64. The third-order valence-electron chi connectivity index (χ3n) is 3.35. The summed E-state index contributed by atoms with van der Waals surface area (Å²) < 4.78 is 4.88. The molecule has 0 amide bonds. The van der Waals surface area contributed by atoms with Gasteiger partial charge in [0.2, 0.25) is 17.2 Å². The number of nitrogens with one attached hydrogen (secondary N) is 1. The van der Waals surface area contributed by atoms with E-state index in [0.29, 0.717) is 31.5 Å². The van der Waals surface area contributed by atoms with E-state index in [1.165, 1.54) is 6.42 Å². The Morgan fingerprint density at radius 2 is 2.05 bits per heavy atom. The molecular weight excluding hydrogens is 294 g/mol. The van der Waals surface area contributed by atoms with Crippen LogP contribution in [0.2, 0.25) is 5.28 Å². The van der Waals surface area contributed by atoms with Gasteiger partial charge in [-0.2, -0.15) is 15.0 Å². The minimum Gasteiger partial charge on any atom is -0.391 e. The van der Waals surface area contributed by atoms with Crippen LogP contribution in [0, 0.1) is 0 Å². The molecule has 7 nitrogen and oxygen atoms in total. The highest BCUT2D eigenvalue weighted by atomic mass is 35.5. The summed E-state index contributed by atoms with van der Waals surface area (Å²) in [6, 6.07) is 0. The van der Waals surface area contributed by atoms with Crippen LogP contribution in [0.3, 0.4) is 0 Å². The lowest BCUT2D eigenvalue weighted by Crippen LogP contribution is -2.31. The zero-order valence-electron chi connectivity index (χ0n) is 12.3. The van der Waals surface area contributed by atoms with Gasteiger partial charge < -0.3 is 20.1 Å². The summed E-state index contributed by atoms with van der Waals surface area (Å²) in [6.07, 6.45) is 3.60. The number of nitrogens with zero attached hydrogens (tertiary/aromatic N) is 4. The maximum absolute atomic E-state index is 9.59.